The fourth-order valence-corrected chi connectivity index (χ4v) is 14.0. The second kappa shape index (κ2) is 8.87. The van der Waals surface area contributed by atoms with E-state index in [9.17, 15) is 0 Å². The standard InChI is InChI=1S/C36H25NSSi/c1-3-13-26(14-4-1)37(27-15-5-2-6-16-27)28-23-24-32-36(25-28)39(35-22-12-9-19-31(35)38-32)33-20-10-7-17-29(33)30-18-8-11-21-34(30)39/h1-25H. The first-order chi connectivity index (χ1) is 19.4. The first-order valence-corrected chi connectivity index (χ1v) is 16.2. The van der Waals surface area contributed by atoms with Gasteiger partial charge >= 0.3 is 0 Å². The number of anilines is 3. The van der Waals surface area contributed by atoms with Gasteiger partial charge in [-0.3, -0.25) is 0 Å². The Morgan fingerprint density at radius 2 is 0.872 bits per heavy atom. The van der Waals surface area contributed by atoms with Gasteiger partial charge in [0.1, 0.15) is 0 Å². The zero-order valence-electron chi connectivity index (χ0n) is 21.3. The van der Waals surface area contributed by atoms with E-state index in [-0.39, 0.29) is 0 Å². The van der Waals surface area contributed by atoms with E-state index in [0.29, 0.717) is 0 Å². The number of nitrogens with zero attached hydrogens (tertiary/aromatic N) is 1. The largest absolute Gasteiger partial charge is 0.311 e. The van der Waals surface area contributed by atoms with Crippen molar-refractivity contribution >= 4 is 57.6 Å². The molecule has 2 heterocycles. The van der Waals surface area contributed by atoms with Crippen molar-refractivity contribution in [2.45, 2.75) is 9.79 Å². The number of hydrogen-bond donors (Lipinski definition) is 0. The van der Waals surface area contributed by atoms with Crippen LogP contribution in [0.25, 0.3) is 11.1 Å². The molecule has 1 spiro atoms. The smallest absolute Gasteiger partial charge is 0.183 e. The average molecular weight is 532 g/mol. The third-order valence-corrected chi connectivity index (χ3v) is 14.6. The van der Waals surface area contributed by atoms with Crippen LogP contribution in [0.15, 0.2) is 161 Å². The van der Waals surface area contributed by atoms with Crippen LogP contribution in [0.3, 0.4) is 0 Å². The Morgan fingerprint density at radius 1 is 0.385 bits per heavy atom. The molecule has 2 aliphatic rings. The molecule has 0 fully saturated rings. The minimum absolute atomic E-state index is 1.16. The molecule has 8 rings (SSSR count). The van der Waals surface area contributed by atoms with Crippen LogP contribution >= 0.6 is 11.8 Å². The first-order valence-electron chi connectivity index (χ1n) is 13.4. The summed E-state index contributed by atoms with van der Waals surface area (Å²) in [5, 5.41) is 5.99. The molecule has 39 heavy (non-hydrogen) atoms. The molecule has 6 aromatic rings. The van der Waals surface area contributed by atoms with E-state index in [1.165, 1.54) is 47.4 Å². The molecular formula is C36H25NSSi. The molecule has 0 N–H and O–H groups in total. The molecule has 0 saturated heterocycles. The summed E-state index contributed by atoms with van der Waals surface area (Å²) < 4.78 is 0. The Morgan fingerprint density at radius 3 is 1.49 bits per heavy atom. The predicted octanol–water partition coefficient (Wildman–Crippen LogP) is 6.98. The van der Waals surface area contributed by atoms with E-state index in [0.717, 1.165) is 11.4 Å². The van der Waals surface area contributed by atoms with Gasteiger partial charge in [-0.2, -0.15) is 0 Å². The summed E-state index contributed by atoms with van der Waals surface area (Å²) in [5.74, 6) is 0. The highest BCUT2D eigenvalue weighted by atomic mass is 32.2. The van der Waals surface area contributed by atoms with Gasteiger partial charge in [-0.1, -0.05) is 115 Å². The molecule has 3 heteroatoms. The Bertz CT molecular complexity index is 1760. The highest BCUT2D eigenvalue weighted by Crippen LogP contribution is 2.41. The van der Waals surface area contributed by atoms with E-state index < -0.39 is 8.07 Å². The number of hydrogen-bond acceptors (Lipinski definition) is 2. The van der Waals surface area contributed by atoms with Gasteiger partial charge in [0.15, 0.2) is 8.07 Å². The maximum Gasteiger partial charge on any atom is 0.183 e. The molecule has 0 aromatic heterocycles. The van der Waals surface area contributed by atoms with Crippen molar-refractivity contribution in [3.8, 4) is 11.1 Å². The highest BCUT2D eigenvalue weighted by molar-refractivity contribution is 8.00. The summed E-state index contributed by atoms with van der Waals surface area (Å²) >= 11 is 1.92. The van der Waals surface area contributed by atoms with Crippen LogP contribution in [0.2, 0.25) is 0 Å². The van der Waals surface area contributed by atoms with Gasteiger partial charge in [-0.05, 0) is 80.4 Å². The quantitative estimate of drug-likeness (QED) is 0.226. The molecule has 1 nitrogen and oxygen atoms in total. The molecule has 0 unspecified atom stereocenters. The van der Waals surface area contributed by atoms with Crippen LogP contribution in [0.5, 0.6) is 0 Å². The minimum Gasteiger partial charge on any atom is -0.311 e. The number of fused-ring (bicyclic) bond motifs is 9. The second-order valence-corrected chi connectivity index (χ2v) is 14.9. The van der Waals surface area contributed by atoms with Gasteiger partial charge in [0, 0.05) is 26.9 Å². The first kappa shape index (κ1) is 22.7. The lowest BCUT2D eigenvalue weighted by Gasteiger charge is -2.38. The molecule has 0 radical (unpaired) electrons. The van der Waals surface area contributed by atoms with Crippen LogP contribution in [-0.4, -0.2) is 8.07 Å². The number of rotatable bonds is 3. The zero-order valence-corrected chi connectivity index (χ0v) is 23.1. The molecule has 6 aromatic carbocycles. The van der Waals surface area contributed by atoms with Gasteiger partial charge in [0.05, 0.1) is 0 Å². The minimum atomic E-state index is -2.53. The molecule has 0 aliphatic carbocycles. The van der Waals surface area contributed by atoms with Crippen molar-refractivity contribution in [1.29, 1.82) is 0 Å². The third kappa shape index (κ3) is 3.27. The molecule has 0 bridgehead atoms. The lowest BCUT2D eigenvalue weighted by molar-refractivity contribution is 1.27. The molecule has 184 valence electrons. The van der Waals surface area contributed by atoms with Gasteiger partial charge < -0.3 is 4.90 Å². The Labute approximate surface area is 234 Å². The Kier molecular flexibility index (Phi) is 5.15. The van der Waals surface area contributed by atoms with Crippen molar-refractivity contribution in [3.63, 3.8) is 0 Å². The van der Waals surface area contributed by atoms with Crippen LogP contribution in [0.1, 0.15) is 0 Å². The topological polar surface area (TPSA) is 3.24 Å². The normalized spacial score (nSPS) is 13.7. The maximum atomic E-state index is 2.50. The van der Waals surface area contributed by atoms with Gasteiger partial charge in [0.2, 0.25) is 0 Å². The molecule has 0 amide bonds. The van der Waals surface area contributed by atoms with E-state index in [1.54, 1.807) is 0 Å². The Hall–Kier alpha value is -4.31. The summed E-state index contributed by atoms with van der Waals surface area (Å²) in [6.45, 7) is 0. The number of benzene rings is 6. The third-order valence-electron chi connectivity index (χ3n) is 8.12. The van der Waals surface area contributed by atoms with Gasteiger partial charge in [-0.25, -0.2) is 0 Å². The van der Waals surface area contributed by atoms with Crippen LogP contribution in [-0.2, 0) is 0 Å². The summed E-state index contributed by atoms with van der Waals surface area (Å²) in [7, 11) is -2.53. The monoisotopic (exact) mass is 531 g/mol. The van der Waals surface area contributed by atoms with Crippen molar-refractivity contribution in [1.82, 2.24) is 0 Å². The lowest BCUT2D eigenvalue weighted by atomic mass is 10.1. The molecule has 0 atom stereocenters. The van der Waals surface area contributed by atoms with E-state index >= 15 is 0 Å². The predicted molar refractivity (Wildman–Crippen MR) is 168 cm³/mol. The second-order valence-electron chi connectivity index (χ2n) is 10.1. The van der Waals surface area contributed by atoms with Crippen molar-refractivity contribution in [3.05, 3.63) is 152 Å². The lowest BCUT2D eigenvalue weighted by Crippen LogP contribution is -2.74. The van der Waals surface area contributed by atoms with Gasteiger partial charge in [0.25, 0.3) is 0 Å². The van der Waals surface area contributed by atoms with Crippen LogP contribution < -0.4 is 25.6 Å². The van der Waals surface area contributed by atoms with E-state index in [4.69, 9.17) is 0 Å². The van der Waals surface area contributed by atoms with E-state index in [2.05, 4.69) is 157 Å². The van der Waals surface area contributed by atoms with Crippen molar-refractivity contribution < 1.29 is 0 Å². The Balaban J connectivity index is 1.46. The highest BCUT2D eigenvalue weighted by Gasteiger charge is 2.52. The fraction of sp³-hybridized carbons (Fsp3) is 0. The van der Waals surface area contributed by atoms with Crippen LogP contribution in [0.4, 0.5) is 17.1 Å². The zero-order chi connectivity index (χ0) is 25.8. The van der Waals surface area contributed by atoms with Crippen molar-refractivity contribution in [2.24, 2.45) is 0 Å². The van der Waals surface area contributed by atoms with Crippen LogP contribution in [0, 0.1) is 0 Å². The van der Waals surface area contributed by atoms with Gasteiger partial charge in [-0.15, -0.1) is 0 Å². The fourth-order valence-electron chi connectivity index (χ4n) is 6.58. The molecular weight excluding hydrogens is 507 g/mol. The SMILES string of the molecule is c1ccc(N(c2ccccc2)c2ccc3c(c2)[Si]2(c4ccccc4S3)c3ccccc3-c3ccccc32)cc1. The van der Waals surface area contributed by atoms with E-state index in [1.807, 2.05) is 11.8 Å². The molecule has 2 aliphatic heterocycles. The van der Waals surface area contributed by atoms with Crippen molar-refractivity contribution in [2.75, 3.05) is 4.90 Å². The summed E-state index contributed by atoms with van der Waals surface area (Å²) in [6.07, 6.45) is 0. The molecule has 0 saturated carbocycles. The average Bonchev–Trinajstić information content (AvgIpc) is 3.30. The number of para-hydroxylation sites is 2. The maximum absolute atomic E-state index is 2.53. The summed E-state index contributed by atoms with van der Waals surface area (Å²) in [6, 6.07) is 56.0. The summed E-state index contributed by atoms with van der Waals surface area (Å²) in [5.41, 5.74) is 6.30. The summed E-state index contributed by atoms with van der Waals surface area (Å²) in [4.78, 5) is 5.15.